The highest BCUT2D eigenvalue weighted by Crippen LogP contribution is 2.39. The molecule has 2 rings (SSSR count). The molecule has 0 spiro atoms. The van der Waals surface area contributed by atoms with Gasteiger partial charge >= 0.3 is 7.60 Å². The number of ether oxygens (including phenoxy) is 2. The number of rotatable bonds is 19. The van der Waals surface area contributed by atoms with Crippen molar-refractivity contribution < 1.29 is 23.8 Å². The molecule has 0 amide bonds. The fourth-order valence-electron chi connectivity index (χ4n) is 3.88. The molecule has 0 aromatic heterocycles. The van der Waals surface area contributed by atoms with Crippen LogP contribution in [0.15, 0.2) is 61.2 Å². The van der Waals surface area contributed by atoms with Gasteiger partial charge in [-0.2, -0.15) is 0 Å². The lowest BCUT2D eigenvalue weighted by atomic mass is 10.0. The lowest BCUT2D eigenvalue weighted by Gasteiger charge is -2.17. The molecule has 5 nitrogen and oxygen atoms in total. The Bertz CT molecular complexity index is 862. The highest BCUT2D eigenvalue weighted by molar-refractivity contribution is 7.51. The molecule has 0 aliphatic rings. The number of unbranched alkanes of at least 4 members (excludes halogenated alkanes) is 9. The van der Waals surface area contributed by atoms with E-state index in [1.165, 1.54) is 32.1 Å². The van der Waals surface area contributed by atoms with E-state index < -0.39 is 7.60 Å². The van der Waals surface area contributed by atoms with Crippen LogP contribution >= 0.6 is 7.60 Å². The number of benzene rings is 2. The van der Waals surface area contributed by atoms with Crippen molar-refractivity contribution in [3.8, 4) is 22.6 Å². The molecule has 188 valence electrons. The first-order valence-corrected chi connectivity index (χ1v) is 14.4. The van der Waals surface area contributed by atoms with Crippen molar-refractivity contribution in [3.63, 3.8) is 0 Å². The first kappa shape index (κ1) is 28.2. The van der Waals surface area contributed by atoms with Gasteiger partial charge in [-0.25, -0.2) is 0 Å². The van der Waals surface area contributed by atoms with Gasteiger partial charge in [0.15, 0.2) is 0 Å². The van der Waals surface area contributed by atoms with Crippen LogP contribution in [0.1, 0.15) is 70.6 Å². The van der Waals surface area contributed by atoms with E-state index in [0.717, 1.165) is 54.7 Å². The number of hydrogen-bond donors (Lipinski definition) is 2. The molecule has 0 bridgehead atoms. The van der Waals surface area contributed by atoms with E-state index >= 15 is 0 Å². The third-order valence-corrected chi connectivity index (χ3v) is 6.61. The van der Waals surface area contributed by atoms with Crippen molar-refractivity contribution in [2.24, 2.45) is 0 Å². The van der Waals surface area contributed by atoms with Gasteiger partial charge in [0, 0.05) is 6.16 Å². The Morgan fingerprint density at radius 3 is 1.79 bits per heavy atom. The lowest BCUT2D eigenvalue weighted by molar-refractivity contribution is 0.292. The molecule has 0 saturated heterocycles. The summed E-state index contributed by atoms with van der Waals surface area (Å²) in [4.78, 5) is 17.9. The lowest BCUT2D eigenvalue weighted by Crippen LogP contribution is -2.03. The van der Waals surface area contributed by atoms with Crippen LogP contribution in [0.3, 0.4) is 0 Å². The zero-order chi connectivity index (χ0) is 24.5. The fraction of sp³-hybridized carbons (Fsp3) is 0.500. The zero-order valence-electron chi connectivity index (χ0n) is 20.4. The SMILES string of the molecule is C=CCCCCCCCCOc1cccc(OCCCCCCP(=O)(O)O)c1-c1ccccc1. The van der Waals surface area contributed by atoms with Gasteiger partial charge < -0.3 is 19.3 Å². The molecule has 34 heavy (non-hydrogen) atoms. The van der Waals surface area contributed by atoms with Crippen LogP contribution in [0, 0.1) is 0 Å². The Morgan fingerprint density at radius 2 is 1.24 bits per heavy atom. The van der Waals surface area contributed by atoms with Crippen molar-refractivity contribution >= 4 is 7.60 Å². The van der Waals surface area contributed by atoms with E-state index in [2.05, 4.69) is 18.7 Å². The minimum Gasteiger partial charge on any atom is -0.493 e. The summed E-state index contributed by atoms with van der Waals surface area (Å²) in [5.74, 6) is 1.65. The van der Waals surface area contributed by atoms with Gasteiger partial charge in [-0.1, -0.05) is 81.0 Å². The highest BCUT2D eigenvalue weighted by atomic mass is 31.2. The van der Waals surface area contributed by atoms with Gasteiger partial charge in [-0.05, 0) is 49.8 Å². The summed E-state index contributed by atoms with van der Waals surface area (Å²) in [5, 5.41) is 0. The Morgan fingerprint density at radius 1 is 0.706 bits per heavy atom. The molecule has 0 heterocycles. The molecule has 2 aromatic carbocycles. The van der Waals surface area contributed by atoms with Crippen LogP contribution < -0.4 is 9.47 Å². The summed E-state index contributed by atoms with van der Waals surface area (Å²) in [6.45, 7) is 5.02. The Labute approximate surface area is 205 Å². The molecule has 0 aliphatic carbocycles. The Hall–Kier alpha value is -2.07. The third-order valence-electron chi connectivity index (χ3n) is 5.71. The van der Waals surface area contributed by atoms with Crippen LogP contribution in [-0.4, -0.2) is 29.2 Å². The standard InChI is InChI=1S/C28H41O5P/c1-2-3-4-5-6-7-8-14-22-32-26-20-17-21-27(28(26)25-18-12-11-13-19-25)33-23-15-9-10-16-24-34(29,30)31/h2,11-13,17-21H,1,3-10,14-16,22-24H2,(H2,29,30,31). The summed E-state index contributed by atoms with van der Waals surface area (Å²) in [6, 6.07) is 16.1. The maximum Gasteiger partial charge on any atom is 0.325 e. The summed E-state index contributed by atoms with van der Waals surface area (Å²) >= 11 is 0. The van der Waals surface area contributed by atoms with E-state index in [4.69, 9.17) is 19.3 Å². The summed E-state index contributed by atoms with van der Waals surface area (Å²) < 4.78 is 23.3. The average Bonchev–Trinajstić information content (AvgIpc) is 2.82. The molecule has 0 unspecified atom stereocenters. The second-order valence-corrected chi connectivity index (χ2v) is 10.5. The minimum absolute atomic E-state index is 0.0410. The van der Waals surface area contributed by atoms with E-state index in [9.17, 15) is 4.57 Å². The van der Waals surface area contributed by atoms with Crippen LogP contribution in [-0.2, 0) is 4.57 Å². The van der Waals surface area contributed by atoms with Gasteiger partial charge in [0.1, 0.15) is 11.5 Å². The van der Waals surface area contributed by atoms with Crippen LogP contribution in [0.2, 0.25) is 0 Å². The zero-order valence-corrected chi connectivity index (χ0v) is 21.3. The maximum atomic E-state index is 10.9. The van der Waals surface area contributed by atoms with Crippen LogP contribution in [0.5, 0.6) is 11.5 Å². The summed E-state index contributed by atoms with van der Waals surface area (Å²) in [5.41, 5.74) is 2.05. The molecule has 0 aliphatic heterocycles. The number of allylic oxidation sites excluding steroid dienone is 1. The van der Waals surface area contributed by atoms with Gasteiger partial charge in [0.2, 0.25) is 0 Å². The maximum absolute atomic E-state index is 10.9. The first-order valence-electron chi connectivity index (χ1n) is 12.6. The van der Waals surface area contributed by atoms with E-state index in [1.807, 2.05) is 42.5 Å². The highest BCUT2D eigenvalue weighted by Gasteiger charge is 2.14. The van der Waals surface area contributed by atoms with Crippen molar-refractivity contribution in [2.75, 3.05) is 19.4 Å². The van der Waals surface area contributed by atoms with E-state index in [0.29, 0.717) is 19.6 Å². The predicted octanol–water partition coefficient (Wildman–Crippen LogP) is 7.77. The molecule has 2 N–H and O–H groups in total. The van der Waals surface area contributed by atoms with Crippen molar-refractivity contribution in [1.82, 2.24) is 0 Å². The second kappa shape index (κ2) is 16.5. The monoisotopic (exact) mass is 488 g/mol. The fourth-order valence-corrected chi connectivity index (χ4v) is 4.51. The molecule has 0 fully saturated rings. The van der Waals surface area contributed by atoms with Crippen molar-refractivity contribution in [1.29, 1.82) is 0 Å². The molecular formula is C28H41O5P. The van der Waals surface area contributed by atoms with Crippen molar-refractivity contribution in [2.45, 2.75) is 70.6 Å². The van der Waals surface area contributed by atoms with Crippen LogP contribution in [0.4, 0.5) is 0 Å². The predicted molar refractivity (Wildman–Crippen MR) is 141 cm³/mol. The normalized spacial score (nSPS) is 11.4. The second-order valence-electron chi connectivity index (χ2n) is 8.69. The molecule has 0 radical (unpaired) electrons. The van der Waals surface area contributed by atoms with Gasteiger partial charge in [0.05, 0.1) is 18.8 Å². The Balaban J connectivity index is 1.85. The smallest absolute Gasteiger partial charge is 0.325 e. The van der Waals surface area contributed by atoms with Crippen LogP contribution in [0.25, 0.3) is 11.1 Å². The molecule has 0 atom stereocenters. The molecular weight excluding hydrogens is 447 g/mol. The molecule has 6 heteroatoms. The molecule has 2 aromatic rings. The van der Waals surface area contributed by atoms with E-state index in [-0.39, 0.29) is 6.16 Å². The van der Waals surface area contributed by atoms with Gasteiger partial charge in [-0.3, -0.25) is 4.57 Å². The van der Waals surface area contributed by atoms with Gasteiger partial charge in [0.25, 0.3) is 0 Å². The number of hydrogen-bond acceptors (Lipinski definition) is 3. The van der Waals surface area contributed by atoms with Gasteiger partial charge in [-0.15, -0.1) is 6.58 Å². The molecule has 0 saturated carbocycles. The Kier molecular flexibility index (Phi) is 13.7. The quantitative estimate of drug-likeness (QED) is 0.120. The van der Waals surface area contributed by atoms with Crippen molar-refractivity contribution in [3.05, 3.63) is 61.2 Å². The summed E-state index contributed by atoms with van der Waals surface area (Å²) in [7, 11) is -3.89. The average molecular weight is 489 g/mol. The largest absolute Gasteiger partial charge is 0.493 e. The third kappa shape index (κ3) is 11.9. The minimum atomic E-state index is -3.89. The topological polar surface area (TPSA) is 76.0 Å². The van der Waals surface area contributed by atoms with E-state index in [1.54, 1.807) is 0 Å². The first-order chi connectivity index (χ1) is 16.5. The summed E-state index contributed by atoms with van der Waals surface area (Å²) in [6.07, 6.45) is 13.3.